The number of carbonyl (C=O) groups excluding carboxylic acids is 2. The van der Waals surface area contributed by atoms with Crippen LogP contribution in [0.1, 0.15) is 27.7 Å². The van der Waals surface area contributed by atoms with Crippen LogP contribution in [0.4, 0.5) is 0 Å². The largest absolute Gasteiger partial charge is 0.453 e. The molecule has 7 nitrogen and oxygen atoms in total. The fourth-order valence-electron chi connectivity index (χ4n) is 2.02. The van der Waals surface area contributed by atoms with Gasteiger partial charge in [0.15, 0.2) is 24.3 Å². The van der Waals surface area contributed by atoms with Crippen molar-refractivity contribution < 1.29 is 33.3 Å². The lowest BCUT2D eigenvalue weighted by molar-refractivity contribution is -0.258. The predicted molar refractivity (Wildman–Crippen MR) is 56.0 cm³/mol. The molecule has 0 aromatic heterocycles. The van der Waals surface area contributed by atoms with Gasteiger partial charge in [-0.25, -0.2) is 0 Å². The highest BCUT2D eigenvalue weighted by molar-refractivity contribution is 5.67. The monoisotopic (exact) mass is 260 g/mol. The van der Waals surface area contributed by atoms with Crippen LogP contribution >= 0.6 is 0 Å². The van der Waals surface area contributed by atoms with E-state index in [0.717, 1.165) is 0 Å². The maximum absolute atomic E-state index is 11.1. The predicted octanol–water partition coefficient (Wildman–Crippen LogP) is 0.315. The molecular formula is C11H16O7. The van der Waals surface area contributed by atoms with E-state index in [1.807, 2.05) is 0 Å². The molecule has 0 aromatic rings. The van der Waals surface area contributed by atoms with E-state index in [0.29, 0.717) is 0 Å². The second kappa shape index (κ2) is 4.49. The molecule has 0 aliphatic carbocycles. The minimum absolute atomic E-state index is 0.505. The van der Waals surface area contributed by atoms with Crippen molar-refractivity contribution in [3.05, 3.63) is 0 Å². The summed E-state index contributed by atoms with van der Waals surface area (Å²) in [6.45, 7) is 5.95. The standard InChI is InChI=1S/C11H16O7/c1-5(12)14-7-8-10(18-11(3,4)17-8)16-9(7)15-6(2)13/h7-10H,1-4H3. The summed E-state index contributed by atoms with van der Waals surface area (Å²) in [4.78, 5) is 22.0. The Hall–Kier alpha value is -1.18. The Morgan fingerprint density at radius 1 is 1.06 bits per heavy atom. The van der Waals surface area contributed by atoms with Crippen LogP contribution in [-0.4, -0.2) is 42.5 Å². The van der Waals surface area contributed by atoms with E-state index >= 15 is 0 Å². The first kappa shape index (κ1) is 13.3. The van der Waals surface area contributed by atoms with E-state index in [4.69, 9.17) is 23.7 Å². The van der Waals surface area contributed by atoms with Crippen molar-refractivity contribution in [3.8, 4) is 0 Å². The number of ether oxygens (including phenoxy) is 5. The summed E-state index contributed by atoms with van der Waals surface area (Å²) < 4.78 is 26.4. The van der Waals surface area contributed by atoms with Gasteiger partial charge in [-0.2, -0.15) is 0 Å². The van der Waals surface area contributed by atoms with Crippen molar-refractivity contribution >= 4 is 11.9 Å². The van der Waals surface area contributed by atoms with Gasteiger partial charge >= 0.3 is 11.9 Å². The normalized spacial score (nSPS) is 37.1. The fraction of sp³-hybridized carbons (Fsp3) is 0.818. The molecule has 2 rings (SSSR count). The first-order valence-corrected chi connectivity index (χ1v) is 5.64. The van der Waals surface area contributed by atoms with Gasteiger partial charge in [0.05, 0.1) is 0 Å². The molecule has 2 aliphatic heterocycles. The second-order valence-corrected chi connectivity index (χ2v) is 4.66. The van der Waals surface area contributed by atoms with E-state index in [1.54, 1.807) is 13.8 Å². The molecular weight excluding hydrogens is 244 g/mol. The minimum atomic E-state index is -1.00. The Morgan fingerprint density at radius 3 is 2.22 bits per heavy atom. The Kier molecular flexibility index (Phi) is 3.31. The highest BCUT2D eigenvalue weighted by Crippen LogP contribution is 2.39. The maximum Gasteiger partial charge on any atom is 0.305 e. The lowest BCUT2D eigenvalue weighted by atomic mass is 10.2. The van der Waals surface area contributed by atoms with Crippen LogP contribution in [0.3, 0.4) is 0 Å². The fourth-order valence-corrected chi connectivity index (χ4v) is 2.02. The zero-order chi connectivity index (χ0) is 13.5. The van der Waals surface area contributed by atoms with E-state index in [1.165, 1.54) is 13.8 Å². The van der Waals surface area contributed by atoms with E-state index < -0.39 is 42.5 Å². The summed E-state index contributed by atoms with van der Waals surface area (Å²) in [6.07, 6.45) is -3.14. The third-order valence-corrected chi connectivity index (χ3v) is 2.53. The Balaban J connectivity index is 2.12. The van der Waals surface area contributed by atoms with Gasteiger partial charge in [-0.05, 0) is 13.8 Å². The van der Waals surface area contributed by atoms with Crippen LogP contribution in [0.15, 0.2) is 0 Å². The average molecular weight is 260 g/mol. The molecule has 0 amide bonds. The molecule has 4 atom stereocenters. The van der Waals surface area contributed by atoms with Gasteiger partial charge < -0.3 is 23.7 Å². The van der Waals surface area contributed by atoms with Crippen LogP contribution in [0.25, 0.3) is 0 Å². The summed E-state index contributed by atoms with van der Waals surface area (Å²) in [6, 6.07) is 0. The quantitative estimate of drug-likeness (QED) is 0.661. The topological polar surface area (TPSA) is 80.3 Å². The molecule has 2 saturated heterocycles. The Labute approximate surface area is 104 Å². The molecule has 0 aromatic carbocycles. The number of rotatable bonds is 2. The van der Waals surface area contributed by atoms with Crippen LogP contribution < -0.4 is 0 Å². The molecule has 0 bridgehead atoms. The molecule has 7 heteroatoms. The number of esters is 2. The van der Waals surface area contributed by atoms with Gasteiger partial charge in [0.25, 0.3) is 0 Å². The van der Waals surface area contributed by atoms with Gasteiger partial charge in [0, 0.05) is 13.8 Å². The Morgan fingerprint density at radius 2 is 1.67 bits per heavy atom. The van der Waals surface area contributed by atoms with Crippen molar-refractivity contribution in [2.75, 3.05) is 0 Å². The van der Waals surface area contributed by atoms with Gasteiger partial charge in [0.2, 0.25) is 6.29 Å². The highest BCUT2D eigenvalue weighted by atomic mass is 16.9. The van der Waals surface area contributed by atoms with Crippen molar-refractivity contribution in [1.82, 2.24) is 0 Å². The van der Waals surface area contributed by atoms with Crippen LogP contribution in [0.2, 0.25) is 0 Å². The van der Waals surface area contributed by atoms with Crippen LogP contribution in [0.5, 0.6) is 0 Å². The van der Waals surface area contributed by atoms with Crippen molar-refractivity contribution in [3.63, 3.8) is 0 Å². The Bertz CT molecular complexity index is 364. The molecule has 0 saturated carbocycles. The average Bonchev–Trinajstić information content (AvgIpc) is 2.60. The number of fused-ring (bicyclic) bond motifs is 1. The summed E-state index contributed by atoms with van der Waals surface area (Å²) >= 11 is 0. The van der Waals surface area contributed by atoms with Gasteiger partial charge in [0.1, 0.15) is 0 Å². The smallest absolute Gasteiger partial charge is 0.305 e. The number of hydrogen-bond donors (Lipinski definition) is 0. The van der Waals surface area contributed by atoms with Crippen LogP contribution in [-0.2, 0) is 33.3 Å². The molecule has 2 heterocycles. The first-order valence-electron chi connectivity index (χ1n) is 5.64. The summed E-state index contributed by atoms with van der Waals surface area (Å²) in [5.74, 6) is -1.86. The summed E-state index contributed by atoms with van der Waals surface area (Å²) in [7, 11) is 0. The van der Waals surface area contributed by atoms with E-state index in [2.05, 4.69) is 0 Å². The lowest BCUT2D eigenvalue weighted by Crippen LogP contribution is -2.39. The molecule has 0 N–H and O–H groups in total. The molecule has 4 unspecified atom stereocenters. The summed E-state index contributed by atoms with van der Waals surface area (Å²) in [5, 5.41) is 0. The lowest BCUT2D eigenvalue weighted by Gasteiger charge is -2.24. The first-order chi connectivity index (χ1) is 8.28. The SMILES string of the molecule is CC(=O)OC1OC2OC(C)(C)OC2C1OC(C)=O. The zero-order valence-corrected chi connectivity index (χ0v) is 10.7. The van der Waals surface area contributed by atoms with E-state index in [-0.39, 0.29) is 0 Å². The third kappa shape index (κ3) is 2.63. The third-order valence-electron chi connectivity index (χ3n) is 2.53. The zero-order valence-electron chi connectivity index (χ0n) is 10.7. The van der Waals surface area contributed by atoms with Crippen molar-refractivity contribution in [2.45, 2.75) is 58.3 Å². The molecule has 2 fully saturated rings. The summed E-state index contributed by atoms with van der Waals surface area (Å²) in [5.41, 5.74) is 0. The molecule has 0 spiro atoms. The molecule has 102 valence electrons. The highest BCUT2D eigenvalue weighted by Gasteiger charge is 2.57. The molecule has 2 aliphatic rings. The number of carbonyl (C=O) groups is 2. The van der Waals surface area contributed by atoms with Gasteiger partial charge in [-0.3, -0.25) is 9.59 Å². The van der Waals surface area contributed by atoms with Gasteiger partial charge in [-0.15, -0.1) is 0 Å². The number of hydrogen-bond acceptors (Lipinski definition) is 7. The molecule has 0 radical (unpaired) electrons. The van der Waals surface area contributed by atoms with Gasteiger partial charge in [-0.1, -0.05) is 0 Å². The van der Waals surface area contributed by atoms with Crippen LogP contribution in [0, 0.1) is 0 Å². The second-order valence-electron chi connectivity index (χ2n) is 4.66. The molecule has 18 heavy (non-hydrogen) atoms. The maximum atomic E-state index is 11.1. The van der Waals surface area contributed by atoms with Crippen molar-refractivity contribution in [1.29, 1.82) is 0 Å². The minimum Gasteiger partial charge on any atom is -0.453 e. The van der Waals surface area contributed by atoms with Crippen molar-refractivity contribution in [2.24, 2.45) is 0 Å². The van der Waals surface area contributed by atoms with E-state index in [9.17, 15) is 9.59 Å².